The molecule has 2 aromatic rings. The van der Waals surface area contributed by atoms with Crippen LogP contribution in [0.1, 0.15) is 97.6 Å². The number of benzene rings is 2. The monoisotopic (exact) mass is 482 g/mol. The number of carbonyl (C=O) groups is 1. The second-order valence-electron chi connectivity index (χ2n) is 11.9. The standard InChI is InChI=1S/C30H44OP2/c1-20(2)22-17-25(21(3)4)28(27(18-22)32(9)10)24-13-11-12-14-26(24)33-29(5,6)16-15-23(31)19-30(33,7)8/h11-14,17-18,20-21H,15-16,19H2,1-10H3. The zero-order chi connectivity index (χ0) is 24.7. The van der Waals surface area contributed by atoms with E-state index in [1.807, 2.05) is 0 Å². The molecule has 0 saturated carbocycles. The first-order valence-corrected chi connectivity index (χ1v) is 16.1. The molecule has 1 fully saturated rings. The van der Waals surface area contributed by atoms with Crippen LogP contribution in [-0.2, 0) is 4.79 Å². The number of rotatable bonds is 5. The van der Waals surface area contributed by atoms with Crippen molar-refractivity contribution >= 4 is 32.2 Å². The summed E-state index contributed by atoms with van der Waals surface area (Å²) in [6.07, 6.45) is 2.40. The van der Waals surface area contributed by atoms with Gasteiger partial charge in [0.25, 0.3) is 0 Å². The molecule has 0 bridgehead atoms. The Morgan fingerprint density at radius 2 is 1.55 bits per heavy atom. The Kier molecular flexibility index (Phi) is 7.98. The second-order valence-corrected chi connectivity index (χ2v) is 17.7. The Hall–Kier alpha value is -1.03. The lowest BCUT2D eigenvalue weighted by atomic mass is 9.88. The van der Waals surface area contributed by atoms with Crippen molar-refractivity contribution in [3.05, 3.63) is 47.5 Å². The van der Waals surface area contributed by atoms with E-state index in [1.165, 1.54) is 32.9 Å². The van der Waals surface area contributed by atoms with Crippen molar-refractivity contribution < 1.29 is 4.79 Å². The van der Waals surface area contributed by atoms with Gasteiger partial charge in [-0.2, -0.15) is 0 Å². The largest absolute Gasteiger partial charge is 0.300 e. The maximum atomic E-state index is 12.7. The third-order valence-corrected chi connectivity index (χ3v) is 12.2. The van der Waals surface area contributed by atoms with Gasteiger partial charge in [0.15, 0.2) is 0 Å². The average molecular weight is 483 g/mol. The predicted octanol–water partition coefficient (Wildman–Crippen LogP) is 8.38. The number of Topliss-reactive ketones (excluding diaryl/α,β-unsaturated/α-hetero) is 1. The molecule has 1 saturated heterocycles. The number of hydrogen-bond acceptors (Lipinski definition) is 1. The van der Waals surface area contributed by atoms with E-state index in [0.29, 0.717) is 24.0 Å². The summed E-state index contributed by atoms with van der Waals surface area (Å²) in [4.78, 5) is 12.7. The molecule has 180 valence electrons. The molecule has 3 rings (SSSR count). The zero-order valence-corrected chi connectivity index (χ0v) is 24.3. The van der Waals surface area contributed by atoms with E-state index in [2.05, 4.69) is 105 Å². The summed E-state index contributed by atoms with van der Waals surface area (Å²) in [7, 11) is -0.807. The van der Waals surface area contributed by atoms with Crippen LogP contribution in [0.5, 0.6) is 0 Å². The van der Waals surface area contributed by atoms with Crippen molar-refractivity contribution in [3.63, 3.8) is 0 Å². The molecule has 1 aliphatic rings. The number of ketones is 1. The van der Waals surface area contributed by atoms with Gasteiger partial charge < -0.3 is 0 Å². The molecule has 1 aliphatic heterocycles. The minimum Gasteiger partial charge on any atom is -0.300 e. The minimum absolute atomic E-state index is 0.0122. The van der Waals surface area contributed by atoms with E-state index in [0.717, 1.165) is 12.8 Å². The molecule has 0 aromatic heterocycles. The highest BCUT2D eigenvalue weighted by atomic mass is 31.1. The third kappa shape index (κ3) is 5.46. The van der Waals surface area contributed by atoms with Gasteiger partial charge in [0.2, 0.25) is 0 Å². The lowest BCUT2D eigenvalue weighted by molar-refractivity contribution is -0.119. The van der Waals surface area contributed by atoms with Crippen LogP contribution in [0.2, 0.25) is 0 Å². The number of carbonyl (C=O) groups excluding carboxylic acids is 1. The Morgan fingerprint density at radius 3 is 2.12 bits per heavy atom. The fourth-order valence-electron chi connectivity index (χ4n) is 5.66. The molecule has 0 amide bonds. The summed E-state index contributed by atoms with van der Waals surface area (Å²) in [5.74, 6) is 1.42. The van der Waals surface area contributed by atoms with E-state index in [1.54, 1.807) is 0 Å². The second kappa shape index (κ2) is 9.91. The van der Waals surface area contributed by atoms with E-state index in [4.69, 9.17) is 0 Å². The maximum absolute atomic E-state index is 12.7. The Labute approximate surface area is 205 Å². The first-order valence-electron chi connectivity index (χ1n) is 12.5. The van der Waals surface area contributed by atoms with Gasteiger partial charge >= 0.3 is 0 Å². The summed E-state index contributed by atoms with van der Waals surface area (Å²) in [5.41, 5.74) is 5.84. The molecule has 0 spiro atoms. The lowest BCUT2D eigenvalue weighted by Crippen LogP contribution is -2.35. The predicted molar refractivity (Wildman–Crippen MR) is 152 cm³/mol. The van der Waals surface area contributed by atoms with Crippen molar-refractivity contribution in [3.8, 4) is 11.1 Å². The van der Waals surface area contributed by atoms with Crippen LogP contribution >= 0.6 is 15.8 Å². The Balaban J connectivity index is 2.37. The van der Waals surface area contributed by atoms with E-state index < -0.39 is 7.92 Å². The first-order chi connectivity index (χ1) is 15.3. The highest BCUT2D eigenvalue weighted by Crippen LogP contribution is 2.64. The molecule has 1 nitrogen and oxygen atoms in total. The molecule has 3 heteroatoms. The van der Waals surface area contributed by atoms with Crippen molar-refractivity contribution in [1.29, 1.82) is 0 Å². The summed E-state index contributed by atoms with van der Waals surface area (Å²) in [5, 5.41) is 3.14. The van der Waals surface area contributed by atoms with E-state index in [9.17, 15) is 4.79 Å². The molecule has 0 radical (unpaired) electrons. The minimum atomic E-state index is -0.548. The maximum Gasteiger partial charge on any atom is 0.133 e. The number of hydrogen-bond donors (Lipinski definition) is 0. The summed E-state index contributed by atoms with van der Waals surface area (Å²) >= 11 is 0. The highest BCUT2D eigenvalue weighted by molar-refractivity contribution is 7.69. The van der Waals surface area contributed by atoms with Gasteiger partial charge in [0.1, 0.15) is 5.78 Å². The van der Waals surface area contributed by atoms with Gasteiger partial charge in [0.05, 0.1) is 0 Å². The van der Waals surface area contributed by atoms with Crippen LogP contribution in [0, 0.1) is 0 Å². The van der Waals surface area contributed by atoms with Crippen LogP contribution in [-0.4, -0.2) is 29.4 Å². The van der Waals surface area contributed by atoms with Gasteiger partial charge in [-0.15, -0.1) is 0 Å². The average Bonchev–Trinajstić information content (AvgIpc) is 2.78. The van der Waals surface area contributed by atoms with E-state index in [-0.39, 0.29) is 18.2 Å². The molecule has 1 unspecified atom stereocenters. The van der Waals surface area contributed by atoms with Gasteiger partial charge in [0, 0.05) is 12.8 Å². The molecule has 1 heterocycles. The fourth-order valence-corrected chi connectivity index (χ4v) is 11.0. The van der Waals surface area contributed by atoms with Gasteiger partial charge in [-0.25, -0.2) is 0 Å². The third-order valence-electron chi connectivity index (χ3n) is 7.21. The first kappa shape index (κ1) is 26.6. The van der Waals surface area contributed by atoms with Crippen molar-refractivity contribution in [2.24, 2.45) is 0 Å². The van der Waals surface area contributed by atoms with Crippen LogP contribution in [0.4, 0.5) is 0 Å². The SMILES string of the molecule is CC(C)c1cc(C(C)C)c(-c2ccccc2P2C(C)(C)CCC(=O)CC2(C)C)c(P(C)C)c1. The van der Waals surface area contributed by atoms with Crippen LogP contribution in [0.25, 0.3) is 11.1 Å². The lowest BCUT2D eigenvalue weighted by Gasteiger charge is -2.44. The van der Waals surface area contributed by atoms with Crippen molar-refractivity contribution in [2.75, 3.05) is 13.3 Å². The molecular weight excluding hydrogens is 438 g/mol. The van der Waals surface area contributed by atoms with Crippen LogP contribution in [0.3, 0.4) is 0 Å². The summed E-state index contributed by atoms with van der Waals surface area (Å²) in [6.45, 7) is 23.6. The zero-order valence-electron chi connectivity index (χ0n) is 22.5. The molecule has 33 heavy (non-hydrogen) atoms. The molecule has 0 N–H and O–H groups in total. The Morgan fingerprint density at radius 1 is 0.909 bits per heavy atom. The topological polar surface area (TPSA) is 17.1 Å². The van der Waals surface area contributed by atoms with E-state index >= 15 is 0 Å². The Bertz CT molecular complexity index is 985. The van der Waals surface area contributed by atoms with Crippen molar-refractivity contribution in [1.82, 2.24) is 0 Å². The summed E-state index contributed by atoms with van der Waals surface area (Å²) < 4.78 is 0. The van der Waals surface area contributed by atoms with Crippen molar-refractivity contribution in [2.45, 2.75) is 96.8 Å². The highest BCUT2D eigenvalue weighted by Gasteiger charge is 2.45. The molecular formula is C30H44OP2. The fraction of sp³-hybridized carbons (Fsp3) is 0.567. The molecule has 2 aromatic carbocycles. The van der Waals surface area contributed by atoms with Gasteiger partial charge in [-0.1, -0.05) is 108 Å². The van der Waals surface area contributed by atoms with Gasteiger partial charge in [-0.3, -0.25) is 4.79 Å². The van der Waals surface area contributed by atoms with Crippen LogP contribution in [0.15, 0.2) is 36.4 Å². The smallest absolute Gasteiger partial charge is 0.133 e. The summed E-state index contributed by atoms with van der Waals surface area (Å²) in [6, 6.07) is 14.2. The van der Waals surface area contributed by atoms with Gasteiger partial charge in [-0.05, 0) is 74.8 Å². The molecule has 1 atom stereocenters. The molecule has 0 aliphatic carbocycles. The van der Waals surface area contributed by atoms with Crippen LogP contribution < -0.4 is 10.6 Å². The normalized spacial score (nSPS) is 20.5. The quantitative estimate of drug-likeness (QED) is 0.391.